The Labute approximate surface area is 165 Å². The van der Waals surface area contributed by atoms with Crippen LogP contribution >= 0.6 is 23.2 Å². The van der Waals surface area contributed by atoms with E-state index in [1.807, 2.05) is 24.3 Å². The van der Waals surface area contributed by atoms with Crippen LogP contribution < -0.4 is 10.6 Å². The fourth-order valence-corrected chi connectivity index (χ4v) is 3.95. The number of nitrogens with one attached hydrogen (secondary N) is 2. The van der Waals surface area contributed by atoms with E-state index in [1.54, 1.807) is 12.1 Å². The summed E-state index contributed by atoms with van der Waals surface area (Å²) in [7, 11) is 0. The third-order valence-electron chi connectivity index (χ3n) is 4.93. The molecular weight excluding hydrogens is 389 g/mol. The molecule has 1 atom stereocenters. The van der Waals surface area contributed by atoms with E-state index in [1.165, 1.54) is 6.07 Å². The number of fused-ring (bicyclic) bond motifs is 2. The van der Waals surface area contributed by atoms with Gasteiger partial charge in [-0.1, -0.05) is 47.5 Å². The first-order chi connectivity index (χ1) is 12.9. The Morgan fingerprint density at radius 2 is 1.93 bits per heavy atom. The van der Waals surface area contributed by atoms with E-state index in [0.29, 0.717) is 28.6 Å². The Bertz CT molecular complexity index is 978. The van der Waals surface area contributed by atoms with E-state index in [0.717, 1.165) is 16.0 Å². The number of hydrogen-bond acceptors (Lipinski definition) is 3. The monoisotopic (exact) mass is 403 g/mol. The number of nitrogens with zero attached hydrogens (tertiary/aromatic N) is 1. The maximum atomic E-state index is 13.0. The minimum absolute atomic E-state index is 0.297. The summed E-state index contributed by atoms with van der Waals surface area (Å²) in [5.41, 5.74) is 1.20. The fourth-order valence-electron chi connectivity index (χ4n) is 3.65. The van der Waals surface area contributed by atoms with Crippen LogP contribution in [0.2, 0.25) is 10.0 Å². The fraction of sp³-hybridized carbons (Fsp3) is 0.211. The van der Waals surface area contributed by atoms with Crippen molar-refractivity contribution in [2.75, 3.05) is 11.9 Å². The number of anilines is 1. The number of halogens is 2. The molecule has 2 aliphatic rings. The number of imide groups is 1. The lowest BCUT2D eigenvalue weighted by Crippen LogP contribution is -2.42. The van der Waals surface area contributed by atoms with Gasteiger partial charge in [0.05, 0.1) is 10.0 Å². The van der Waals surface area contributed by atoms with Crippen molar-refractivity contribution in [2.45, 2.75) is 18.4 Å². The Kier molecular flexibility index (Phi) is 4.32. The molecule has 0 unspecified atom stereocenters. The second-order valence-corrected chi connectivity index (χ2v) is 7.38. The van der Waals surface area contributed by atoms with Crippen molar-refractivity contribution in [3.05, 3.63) is 63.6 Å². The molecule has 4 amide bonds. The number of amides is 4. The molecule has 6 nitrogen and oxygen atoms in total. The van der Waals surface area contributed by atoms with Crippen LogP contribution in [0.1, 0.15) is 17.5 Å². The number of carbonyl (C=O) groups excluding carboxylic acids is 3. The minimum Gasteiger partial charge on any atom is -0.324 e. The molecule has 1 saturated heterocycles. The molecule has 4 rings (SSSR count). The molecule has 138 valence electrons. The quantitative estimate of drug-likeness (QED) is 0.771. The van der Waals surface area contributed by atoms with E-state index in [2.05, 4.69) is 10.6 Å². The summed E-state index contributed by atoms with van der Waals surface area (Å²) in [6.45, 7) is -0.380. The molecule has 8 heteroatoms. The smallest absolute Gasteiger partial charge is 0.324 e. The summed E-state index contributed by atoms with van der Waals surface area (Å²) < 4.78 is 0. The molecule has 2 aromatic rings. The van der Waals surface area contributed by atoms with Crippen LogP contribution in [0.15, 0.2) is 42.5 Å². The molecule has 0 radical (unpaired) electrons. The second kappa shape index (κ2) is 6.55. The van der Waals surface area contributed by atoms with E-state index >= 15 is 0 Å². The summed E-state index contributed by atoms with van der Waals surface area (Å²) in [5.74, 6) is -0.901. The zero-order valence-corrected chi connectivity index (χ0v) is 15.6. The van der Waals surface area contributed by atoms with Crippen LogP contribution in [-0.2, 0) is 21.5 Å². The lowest BCUT2D eigenvalue weighted by molar-refractivity contribution is -0.134. The maximum Gasteiger partial charge on any atom is 0.325 e. The summed E-state index contributed by atoms with van der Waals surface area (Å²) in [6.07, 6.45) is 1.19. The molecule has 2 N–H and O–H groups in total. The van der Waals surface area contributed by atoms with Crippen molar-refractivity contribution in [2.24, 2.45) is 0 Å². The summed E-state index contributed by atoms with van der Waals surface area (Å²) in [5, 5.41) is 6.07. The Hall–Kier alpha value is -2.57. The Morgan fingerprint density at radius 1 is 1.15 bits per heavy atom. The maximum absolute atomic E-state index is 13.0. The van der Waals surface area contributed by atoms with Gasteiger partial charge in [0.2, 0.25) is 5.91 Å². The van der Waals surface area contributed by atoms with Gasteiger partial charge >= 0.3 is 6.03 Å². The Morgan fingerprint density at radius 3 is 2.70 bits per heavy atom. The van der Waals surface area contributed by atoms with Crippen molar-refractivity contribution in [3.63, 3.8) is 0 Å². The van der Waals surface area contributed by atoms with Gasteiger partial charge in [0.25, 0.3) is 5.91 Å². The minimum atomic E-state index is -1.07. The van der Waals surface area contributed by atoms with Gasteiger partial charge in [-0.25, -0.2) is 4.79 Å². The molecule has 1 spiro atoms. The lowest BCUT2D eigenvalue weighted by atomic mass is 9.92. The van der Waals surface area contributed by atoms with Crippen LogP contribution in [0.3, 0.4) is 0 Å². The summed E-state index contributed by atoms with van der Waals surface area (Å²) in [6, 6.07) is 11.6. The van der Waals surface area contributed by atoms with E-state index < -0.39 is 23.4 Å². The molecule has 1 aliphatic heterocycles. The van der Waals surface area contributed by atoms with Crippen LogP contribution in [0, 0.1) is 0 Å². The van der Waals surface area contributed by atoms with Gasteiger partial charge in [0.15, 0.2) is 0 Å². The number of rotatable bonds is 3. The highest BCUT2D eigenvalue weighted by Crippen LogP contribution is 2.41. The predicted molar refractivity (Wildman–Crippen MR) is 102 cm³/mol. The highest BCUT2D eigenvalue weighted by molar-refractivity contribution is 6.42. The average Bonchev–Trinajstić information content (AvgIpc) is 3.12. The molecule has 0 bridgehead atoms. The topological polar surface area (TPSA) is 78.5 Å². The molecule has 1 aliphatic carbocycles. The van der Waals surface area contributed by atoms with Gasteiger partial charge in [-0.05, 0) is 42.2 Å². The van der Waals surface area contributed by atoms with Gasteiger partial charge in [0.1, 0.15) is 12.1 Å². The van der Waals surface area contributed by atoms with Crippen molar-refractivity contribution in [1.29, 1.82) is 0 Å². The first-order valence-corrected chi connectivity index (χ1v) is 9.14. The molecule has 0 aromatic heterocycles. The van der Waals surface area contributed by atoms with Gasteiger partial charge in [-0.2, -0.15) is 0 Å². The second-order valence-electron chi connectivity index (χ2n) is 6.56. The van der Waals surface area contributed by atoms with Gasteiger partial charge in [0, 0.05) is 5.69 Å². The van der Waals surface area contributed by atoms with Crippen LogP contribution in [0.25, 0.3) is 0 Å². The summed E-state index contributed by atoms with van der Waals surface area (Å²) >= 11 is 11.8. The third-order valence-corrected chi connectivity index (χ3v) is 5.67. The van der Waals surface area contributed by atoms with Gasteiger partial charge < -0.3 is 10.6 Å². The first-order valence-electron chi connectivity index (χ1n) is 8.38. The molecular formula is C19H15Cl2N3O3. The standard InChI is InChI=1S/C19H15Cl2N3O3/c20-14-6-5-12(9-15(14)21)22-16(25)10-24-17(26)19(23-18(24)27)8-7-11-3-1-2-4-13(11)19/h1-6,9H,7-8,10H2,(H,22,25)(H,23,27)/t19-/m0/s1. The SMILES string of the molecule is O=C(CN1C(=O)N[C@]2(CCc3ccccc32)C1=O)Nc1ccc(Cl)c(Cl)c1. The largest absolute Gasteiger partial charge is 0.325 e. The van der Waals surface area contributed by atoms with Crippen LogP contribution in [-0.4, -0.2) is 29.3 Å². The predicted octanol–water partition coefficient (Wildman–Crippen LogP) is 3.33. The summed E-state index contributed by atoms with van der Waals surface area (Å²) in [4.78, 5) is 38.7. The third kappa shape index (κ3) is 2.95. The zero-order chi connectivity index (χ0) is 19.2. The molecule has 27 heavy (non-hydrogen) atoms. The van der Waals surface area contributed by atoms with E-state index in [4.69, 9.17) is 23.2 Å². The van der Waals surface area contributed by atoms with Crippen LogP contribution in [0.4, 0.5) is 10.5 Å². The number of carbonyl (C=O) groups is 3. The Balaban J connectivity index is 1.52. The normalized spacial score (nSPS) is 20.7. The van der Waals surface area contributed by atoms with Crippen molar-refractivity contribution in [1.82, 2.24) is 10.2 Å². The van der Waals surface area contributed by atoms with Crippen LogP contribution in [0.5, 0.6) is 0 Å². The van der Waals surface area contributed by atoms with E-state index in [-0.39, 0.29) is 6.54 Å². The number of hydrogen-bond donors (Lipinski definition) is 2. The van der Waals surface area contributed by atoms with Crippen molar-refractivity contribution >= 4 is 46.7 Å². The zero-order valence-electron chi connectivity index (χ0n) is 14.1. The number of benzene rings is 2. The highest BCUT2D eigenvalue weighted by atomic mass is 35.5. The molecule has 1 fully saturated rings. The molecule has 2 aromatic carbocycles. The van der Waals surface area contributed by atoms with Gasteiger partial charge in [-0.15, -0.1) is 0 Å². The van der Waals surface area contributed by atoms with Crippen molar-refractivity contribution < 1.29 is 14.4 Å². The molecule has 1 heterocycles. The van der Waals surface area contributed by atoms with Gasteiger partial charge in [-0.3, -0.25) is 14.5 Å². The average molecular weight is 404 g/mol. The number of urea groups is 1. The lowest BCUT2D eigenvalue weighted by Gasteiger charge is -2.22. The first kappa shape index (κ1) is 17.8. The number of aryl methyl sites for hydroxylation is 1. The van der Waals surface area contributed by atoms with Crippen molar-refractivity contribution in [3.8, 4) is 0 Å². The molecule has 0 saturated carbocycles. The highest BCUT2D eigenvalue weighted by Gasteiger charge is 2.55. The van der Waals surface area contributed by atoms with E-state index in [9.17, 15) is 14.4 Å².